The summed E-state index contributed by atoms with van der Waals surface area (Å²) in [5, 5.41) is 3.73. The summed E-state index contributed by atoms with van der Waals surface area (Å²) in [6, 6.07) is 7.72. The van der Waals surface area contributed by atoms with Crippen molar-refractivity contribution in [2.45, 2.75) is 38.3 Å². The van der Waals surface area contributed by atoms with Crippen LogP contribution in [0.25, 0.3) is 0 Å². The van der Waals surface area contributed by atoms with Gasteiger partial charge in [-0.3, -0.25) is 4.79 Å². The van der Waals surface area contributed by atoms with Gasteiger partial charge < -0.3 is 14.8 Å². The van der Waals surface area contributed by atoms with E-state index in [1.54, 1.807) is 0 Å². The Bertz CT molecular complexity index is 449. The minimum atomic E-state index is -0.0204. The van der Waals surface area contributed by atoms with Crippen LogP contribution in [0.1, 0.15) is 25.3 Å². The molecule has 1 aliphatic rings. The molecule has 1 N–H and O–H groups in total. The van der Waals surface area contributed by atoms with E-state index in [0.29, 0.717) is 26.2 Å². The van der Waals surface area contributed by atoms with Gasteiger partial charge in [0.15, 0.2) is 0 Å². The van der Waals surface area contributed by atoms with Crippen LogP contribution in [0, 0.1) is 0 Å². The number of halogens is 1. The number of nitrogens with one attached hydrogen (secondary N) is 1. The standard InChI is InChI=1S/C16H22ClNO3/c1-2-21-15-11-20-10-14(15)18-16(19)5-3-4-12-6-8-13(17)9-7-12/h6-9,14-15H,2-5,10-11H2,1H3,(H,18,19). The third kappa shape index (κ3) is 5.30. The lowest BCUT2D eigenvalue weighted by Gasteiger charge is -2.18. The summed E-state index contributed by atoms with van der Waals surface area (Å²) >= 11 is 5.84. The van der Waals surface area contributed by atoms with E-state index in [2.05, 4.69) is 5.32 Å². The molecular formula is C16H22ClNO3. The highest BCUT2D eigenvalue weighted by atomic mass is 35.5. The molecule has 116 valence electrons. The molecule has 0 aliphatic carbocycles. The van der Waals surface area contributed by atoms with Gasteiger partial charge in [0.2, 0.25) is 5.91 Å². The molecule has 1 fully saturated rings. The average molecular weight is 312 g/mol. The summed E-state index contributed by atoms with van der Waals surface area (Å²) in [4.78, 5) is 11.9. The molecule has 1 amide bonds. The number of aryl methyl sites for hydroxylation is 1. The quantitative estimate of drug-likeness (QED) is 0.842. The SMILES string of the molecule is CCOC1COCC1NC(=O)CCCc1ccc(Cl)cc1. The largest absolute Gasteiger partial charge is 0.376 e. The number of ether oxygens (including phenoxy) is 2. The highest BCUT2D eigenvalue weighted by molar-refractivity contribution is 6.30. The van der Waals surface area contributed by atoms with Crippen molar-refractivity contribution in [3.63, 3.8) is 0 Å². The Morgan fingerprint density at radius 2 is 2.14 bits per heavy atom. The number of hydrogen-bond donors (Lipinski definition) is 1. The molecule has 5 heteroatoms. The average Bonchev–Trinajstić information content (AvgIpc) is 2.89. The molecule has 1 aromatic carbocycles. The second-order valence-electron chi connectivity index (χ2n) is 5.19. The van der Waals surface area contributed by atoms with E-state index in [9.17, 15) is 4.79 Å². The van der Waals surface area contributed by atoms with Gasteiger partial charge in [0.1, 0.15) is 6.10 Å². The maximum Gasteiger partial charge on any atom is 0.220 e. The normalized spacial score (nSPS) is 21.4. The molecule has 1 heterocycles. The van der Waals surface area contributed by atoms with Crippen LogP contribution >= 0.6 is 11.6 Å². The number of amides is 1. The molecule has 2 atom stereocenters. The summed E-state index contributed by atoms with van der Waals surface area (Å²) in [5.74, 6) is 0.0594. The summed E-state index contributed by atoms with van der Waals surface area (Å²) in [5.41, 5.74) is 1.20. The zero-order valence-corrected chi connectivity index (χ0v) is 13.1. The van der Waals surface area contributed by atoms with Gasteiger partial charge in [-0.15, -0.1) is 0 Å². The van der Waals surface area contributed by atoms with Crippen LogP contribution < -0.4 is 5.32 Å². The molecule has 0 saturated carbocycles. The maximum atomic E-state index is 11.9. The highest BCUT2D eigenvalue weighted by Gasteiger charge is 2.29. The Balaban J connectivity index is 1.68. The van der Waals surface area contributed by atoms with Crippen LogP contribution in [-0.2, 0) is 20.7 Å². The Hall–Kier alpha value is -1.10. The van der Waals surface area contributed by atoms with E-state index < -0.39 is 0 Å². The van der Waals surface area contributed by atoms with Gasteiger partial charge >= 0.3 is 0 Å². The van der Waals surface area contributed by atoms with Crippen molar-refractivity contribution < 1.29 is 14.3 Å². The first kappa shape index (κ1) is 16.3. The first-order valence-corrected chi connectivity index (χ1v) is 7.80. The van der Waals surface area contributed by atoms with Gasteiger partial charge in [-0.1, -0.05) is 23.7 Å². The monoisotopic (exact) mass is 311 g/mol. The molecule has 21 heavy (non-hydrogen) atoms. The van der Waals surface area contributed by atoms with E-state index in [1.165, 1.54) is 5.56 Å². The topological polar surface area (TPSA) is 47.6 Å². The van der Waals surface area contributed by atoms with E-state index >= 15 is 0 Å². The molecule has 0 radical (unpaired) electrons. The lowest BCUT2D eigenvalue weighted by Crippen LogP contribution is -2.43. The van der Waals surface area contributed by atoms with Crippen molar-refractivity contribution in [2.24, 2.45) is 0 Å². The zero-order valence-electron chi connectivity index (χ0n) is 12.3. The van der Waals surface area contributed by atoms with E-state index in [-0.39, 0.29) is 18.1 Å². The Kier molecular flexibility index (Phi) is 6.49. The lowest BCUT2D eigenvalue weighted by atomic mass is 10.1. The van der Waals surface area contributed by atoms with Crippen LogP contribution in [0.5, 0.6) is 0 Å². The number of carbonyl (C=O) groups is 1. The van der Waals surface area contributed by atoms with Crippen LogP contribution in [0.4, 0.5) is 0 Å². The lowest BCUT2D eigenvalue weighted by molar-refractivity contribution is -0.122. The minimum Gasteiger partial charge on any atom is -0.376 e. The van der Waals surface area contributed by atoms with Gasteiger partial charge in [0, 0.05) is 18.1 Å². The molecule has 0 bridgehead atoms. The van der Waals surface area contributed by atoms with Crippen LogP contribution in [0.15, 0.2) is 24.3 Å². The summed E-state index contributed by atoms with van der Waals surface area (Å²) in [7, 11) is 0. The Morgan fingerprint density at radius 3 is 2.86 bits per heavy atom. The fourth-order valence-corrected chi connectivity index (χ4v) is 2.56. The molecule has 0 aromatic heterocycles. The Labute approximate surface area is 130 Å². The fourth-order valence-electron chi connectivity index (χ4n) is 2.43. The van der Waals surface area contributed by atoms with Crippen LogP contribution in [-0.4, -0.2) is 37.9 Å². The molecule has 1 saturated heterocycles. The van der Waals surface area contributed by atoms with Crippen molar-refractivity contribution in [2.75, 3.05) is 19.8 Å². The van der Waals surface area contributed by atoms with E-state index in [0.717, 1.165) is 17.9 Å². The van der Waals surface area contributed by atoms with Crippen molar-refractivity contribution >= 4 is 17.5 Å². The third-order valence-corrected chi connectivity index (χ3v) is 3.79. The number of hydrogen-bond acceptors (Lipinski definition) is 3. The van der Waals surface area contributed by atoms with Crippen molar-refractivity contribution in [1.82, 2.24) is 5.32 Å². The summed E-state index contributed by atoms with van der Waals surface area (Å²) in [6.45, 7) is 3.68. The predicted molar refractivity (Wildman–Crippen MR) is 82.6 cm³/mol. The van der Waals surface area contributed by atoms with Gasteiger partial charge in [-0.05, 0) is 37.5 Å². The molecule has 4 nitrogen and oxygen atoms in total. The smallest absolute Gasteiger partial charge is 0.220 e. The number of rotatable bonds is 7. The third-order valence-electron chi connectivity index (χ3n) is 3.54. The molecule has 2 rings (SSSR count). The highest BCUT2D eigenvalue weighted by Crippen LogP contribution is 2.13. The minimum absolute atomic E-state index is 0.0183. The fraction of sp³-hybridized carbons (Fsp3) is 0.562. The van der Waals surface area contributed by atoms with Gasteiger partial charge in [0.25, 0.3) is 0 Å². The molecule has 0 spiro atoms. The number of benzene rings is 1. The van der Waals surface area contributed by atoms with Crippen molar-refractivity contribution in [3.05, 3.63) is 34.9 Å². The molecule has 1 aromatic rings. The first-order valence-electron chi connectivity index (χ1n) is 7.42. The summed E-state index contributed by atoms with van der Waals surface area (Å²) in [6.07, 6.45) is 2.19. The Morgan fingerprint density at radius 1 is 1.38 bits per heavy atom. The van der Waals surface area contributed by atoms with Crippen molar-refractivity contribution in [1.29, 1.82) is 0 Å². The number of carbonyl (C=O) groups excluding carboxylic acids is 1. The van der Waals surface area contributed by atoms with Gasteiger partial charge in [-0.2, -0.15) is 0 Å². The molecule has 1 aliphatic heterocycles. The molecular weight excluding hydrogens is 290 g/mol. The van der Waals surface area contributed by atoms with Gasteiger partial charge in [0.05, 0.1) is 19.3 Å². The zero-order chi connectivity index (χ0) is 15.1. The maximum absolute atomic E-state index is 11.9. The summed E-state index contributed by atoms with van der Waals surface area (Å²) < 4.78 is 10.9. The van der Waals surface area contributed by atoms with Gasteiger partial charge in [-0.25, -0.2) is 0 Å². The van der Waals surface area contributed by atoms with Crippen LogP contribution in [0.2, 0.25) is 5.02 Å². The van der Waals surface area contributed by atoms with E-state index in [4.69, 9.17) is 21.1 Å². The second kappa shape index (κ2) is 8.37. The van der Waals surface area contributed by atoms with Crippen LogP contribution in [0.3, 0.4) is 0 Å². The second-order valence-corrected chi connectivity index (χ2v) is 5.62. The first-order chi connectivity index (χ1) is 10.2. The van der Waals surface area contributed by atoms with E-state index in [1.807, 2.05) is 31.2 Å². The van der Waals surface area contributed by atoms with Crippen molar-refractivity contribution in [3.8, 4) is 0 Å². The molecule has 2 unspecified atom stereocenters. The predicted octanol–water partition coefficient (Wildman–Crippen LogP) is 2.58.